The van der Waals surface area contributed by atoms with Crippen molar-refractivity contribution in [3.63, 3.8) is 0 Å². The number of rotatable bonds is 6. The van der Waals surface area contributed by atoms with E-state index in [1.165, 1.54) is 0 Å². The van der Waals surface area contributed by atoms with Gasteiger partial charge in [0.05, 0.1) is 5.92 Å². The van der Waals surface area contributed by atoms with Crippen LogP contribution in [0.1, 0.15) is 66.7 Å². The number of piperidine rings is 1. The van der Waals surface area contributed by atoms with E-state index >= 15 is 0 Å². The van der Waals surface area contributed by atoms with E-state index in [-0.39, 0.29) is 35.1 Å². The van der Waals surface area contributed by atoms with E-state index in [9.17, 15) is 14.4 Å². The van der Waals surface area contributed by atoms with Gasteiger partial charge in [-0.2, -0.15) is 0 Å². The second-order valence-electron chi connectivity index (χ2n) is 9.00. The molecule has 154 valence electrons. The van der Waals surface area contributed by atoms with Crippen LogP contribution in [0.4, 0.5) is 0 Å². The average Bonchev–Trinajstić information content (AvgIpc) is 3.02. The fraction of sp³-hybridized carbons (Fsp3) is 0.857. The highest BCUT2D eigenvalue weighted by Gasteiger charge is 2.41. The standard InChI is InChI=1S/C21H37N3O3/c1-6-10-22(11-7-2)19(26)16-8-12-23(13-9-16)20(27)17-14-18(25)24(15-17)21(3,4)5/h16-17H,6-15H2,1-5H3. The summed E-state index contributed by atoms with van der Waals surface area (Å²) in [5.41, 5.74) is -0.243. The normalized spacial score (nSPS) is 21.7. The largest absolute Gasteiger partial charge is 0.342 e. The second-order valence-corrected chi connectivity index (χ2v) is 9.00. The quantitative estimate of drug-likeness (QED) is 0.712. The van der Waals surface area contributed by atoms with E-state index in [1.807, 2.05) is 35.5 Å². The topological polar surface area (TPSA) is 60.9 Å². The van der Waals surface area contributed by atoms with E-state index in [2.05, 4.69) is 13.8 Å². The molecule has 2 fully saturated rings. The Kier molecular flexibility index (Phi) is 7.29. The van der Waals surface area contributed by atoms with Crippen LogP contribution in [0.25, 0.3) is 0 Å². The average molecular weight is 380 g/mol. The number of likely N-dealkylation sites (tertiary alicyclic amines) is 2. The summed E-state index contributed by atoms with van der Waals surface area (Å²) in [4.78, 5) is 43.6. The molecule has 2 rings (SSSR count). The molecule has 0 aromatic rings. The summed E-state index contributed by atoms with van der Waals surface area (Å²) in [6.45, 7) is 13.6. The number of carbonyl (C=O) groups excluding carboxylic acids is 3. The first-order chi connectivity index (χ1) is 12.7. The Balaban J connectivity index is 1.89. The van der Waals surface area contributed by atoms with Gasteiger partial charge in [-0.3, -0.25) is 14.4 Å². The molecular formula is C21H37N3O3. The smallest absolute Gasteiger partial charge is 0.227 e. The van der Waals surface area contributed by atoms with Gasteiger partial charge < -0.3 is 14.7 Å². The first kappa shape index (κ1) is 21.7. The maximum atomic E-state index is 12.9. The minimum absolute atomic E-state index is 0.0310. The molecule has 2 aliphatic rings. The zero-order valence-electron chi connectivity index (χ0n) is 17.8. The lowest BCUT2D eigenvalue weighted by molar-refractivity contribution is -0.142. The van der Waals surface area contributed by atoms with Crippen LogP contribution < -0.4 is 0 Å². The summed E-state index contributed by atoms with van der Waals surface area (Å²) in [6.07, 6.45) is 3.73. The number of carbonyl (C=O) groups is 3. The molecule has 27 heavy (non-hydrogen) atoms. The van der Waals surface area contributed by atoms with Gasteiger partial charge in [-0.1, -0.05) is 13.8 Å². The van der Waals surface area contributed by atoms with Crippen LogP contribution >= 0.6 is 0 Å². The molecule has 1 atom stereocenters. The molecule has 3 amide bonds. The van der Waals surface area contributed by atoms with Crippen LogP contribution in [0.2, 0.25) is 0 Å². The van der Waals surface area contributed by atoms with Gasteiger partial charge in [-0.25, -0.2) is 0 Å². The molecule has 6 heteroatoms. The first-order valence-electron chi connectivity index (χ1n) is 10.6. The van der Waals surface area contributed by atoms with Gasteiger partial charge in [0.25, 0.3) is 0 Å². The molecule has 0 aliphatic carbocycles. The zero-order chi connectivity index (χ0) is 20.2. The predicted molar refractivity (Wildman–Crippen MR) is 106 cm³/mol. The number of hydrogen-bond acceptors (Lipinski definition) is 3. The molecule has 1 unspecified atom stereocenters. The first-order valence-corrected chi connectivity index (χ1v) is 10.6. The summed E-state index contributed by atoms with van der Waals surface area (Å²) >= 11 is 0. The third kappa shape index (κ3) is 5.23. The van der Waals surface area contributed by atoms with Crippen LogP contribution in [-0.4, -0.2) is 70.7 Å². The van der Waals surface area contributed by atoms with Crippen molar-refractivity contribution in [1.82, 2.24) is 14.7 Å². The molecule has 6 nitrogen and oxygen atoms in total. The predicted octanol–water partition coefficient (Wildman–Crippen LogP) is 2.52. The Morgan fingerprint density at radius 1 is 1.04 bits per heavy atom. The maximum absolute atomic E-state index is 12.9. The lowest BCUT2D eigenvalue weighted by Gasteiger charge is -2.36. The minimum Gasteiger partial charge on any atom is -0.342 e. The summed E-state index contributed by atoms with van der Waals surface area (Å²) in [7, 11) is 0. The molecule has 0 aromatic heterocycles. The van der Waals surface area contributed by atoms with Gasteiger partial charge >= 0.3 is 0 Å². The van der Waals surface area contributed by atoms with Crippen molar-refractivity contribution in [3.05, 3.63) is 0 Å². The van der Waals surface area contributed by atoms with Crippen LogP contribution in [0.5, 0.6) is 0 Å². The van der Waals surface area contributed by atoms with Crippen molar-refractivity contribution in [3.8, 4) is 0 Å². The van der Waals surface area contributed by atoms with E-state index in [0.717, 1.165) is 38.8 Å². The van der Waals surface area contributed by atoms with E-state index in [1.54, 1.807) is 0 Å². The van der Waals surface area contributed by atoms with Gasteiger partial charge in [0.2, 0.25) is 17.7 Å². The Morgan fingerprint density at radius 3 is 2.04 bits per heavy atom. The Hall–Kier alpha value is -1.59. The summed E-state index contributed by atoms with van der Waals surface area (Å²) in [6, 6.07) is 0. The molecule has 0 saturated carbocycles. The van der Waals surface area contributed by atoms with Gasteiger partial charge in [-0.15, -0.1) is 0 Å². The van der Waals surface area contributed by atoms with Crippen molar-refractivity contribution in [2.75, 3.05) is 32.7 Å². The van der Waals surface area contributed by atoms with Crippen LogP contribution in [0, 0.1) is 11.8 Å². The van der Waals surface area contributed by atoms with Crippen molar-refractivity contribution < 1.29 is 14.4 Å². The number of amides is 3. The molecular weight excluding hydrogens is 342 g/mol. The molecule has 2 heterocycles. The molecule has 0 N–H and O–H groups in total. The van der Waals surface area contributed by atoms with Crippen molar-refractivity contribution in [2.45, 2.75) is 72.3 Å². The highest BCUT2D eigenvalue weighted by molar-refractivity contribution is 5.90. The fourth-order valence-electron chi connectivity index (χ4n) is 4.26. The molecule has 0 radical (unpaired) electrons. The van der Waals surface area contributed by atoms with Crippen molar-refractivity contribution in [1.29, 1.82) is 0 Å². The third-order valence-electron chi connectivity index (χ3n) is 5.74. The molecule has 0 bridgehead atoms. The Bertz CT molecular complexity index is 541. The van der Waals surface area contributed by atoms with Crippen LogP contribution in [0.15, 0.2) is 0 Å². The molecule has 2 saturated heterocycles. The molecule has 2 aliphatic heterocycles. The Morgan fingerprint density at radius 2 is 1.59 bits per heavy atom. The lowest BCUT2D eigenvalue weighted by atomic mass is 9.93. The van der Waals surface area contributed by atoms with Gasteiger partial charge in [0.15, 0.2) is 0 Å². The monoisotopic (exact) mass is 379 g/mol. The van der Waals surface area contributed by atoms with Gasteiger partial charge in [0, 0.05) is 50.6 Å². The maximum Gasteiger partial charge on any atom is 0.227 e. The van der Waals surface area contributed by atoms with E-state index in [0.29, 0.717) is 26.1 Å². The van der Waals surface area contributed by atoms with E-state index in [4.69, 9.17) is 0 Å². The molecule has 0 aromatic carbocycles. The lowest BCUT2D eigenvalue weighted by Crippen LogP contribution is -2.47. The van der Waals surface area contributed by atoms with E-state index < -0.39 is 0 Å². The highest BCUT2D eigenvalue weighted by atomic mass is 16.2. The van der Waals surface area contributed by atoms with Crippen molar-refractivity contribution >= 4 is 17.7 Å². The number of nitrogens with zero attached hydrogens (tertiary/aromatic N) is 3. The van der Waals surface area contributed by atoms with Crippen LogP contribution in [0.3, 0.4) is 0 Å². The van der Waals surface area contributed by atoms with Crippen molar-refractivity contribution in [2.24, 2.45) is 11.8 Å². The minimum atomic E-state index is -0.243. The van der Waals surface area contributed by atoms with Gasteiger partial charge in [-0.05, 0) is 46.5 Å². The SMILES string of the molecule is CCCN(CCC)C(=O)C1CCN(C(=O)C2CC(=O)N(C(C)(C)C)C2)CC1. The fourth-order valence-corrected chi connectivity index (χ4v) is 4.26. The Labute approximate surface area is 164 Å². The summed E-state index contributed by atoms with van der Waals surface area (Å²) in [5, 5.41) is 0. The number of hydrogen-bond donors (Lipinski definition) is 0. The third-order valence-corrected chi connectivity index (χ3v) is 5.74. The zero-order valence-corrected chi connectivity index (χ0v) is 17.8. The second kappa shape index (κ2) is 9.07. The van der Waals surface area contributed by atoms with Crippen LogP contribution in [-0.2, 0) is 14.4 Å². The summed E-state index contributed by atoms with van der Waals surface area (Å²) in [5.74, 6) is 0.200. The molecule has 0 spiro atoms. The highest BCUT2D eigenvalue weighted by Crippen LogP contribution is 2.29. The van der Waals surface area contributed by atoms with Gasteiger partial charge in [0.1, 0.15) is 0 Å². The summed E-state index contributed by atoms with van der Waals surface area (Å²) < 4.78 is 0.